The minimum Gasteiger partial charge on any atom is -0.487 e. The van der Waals surface area contributed by atoms with E-state index < -0.39 is 0 Å². The fourth-order valence-corrected chi connectivity index (χ4v) is 4.57. The maximum atomic E-state index is 12.7. The van der Waals surface area contributed by atoms with Crippen LogP contribution in [0.5, 0.6) is 5.75 Å². The van der Waals surface area contributed by atoms with Gasteiger partial charge in [0.1, 0.15) is 11.9 Å². The molecule has 2 amide bonds. The van der Waals surface area contributed by atoms with Gasteiger partial charge in [0.25, 0.3) is 0 Å². The second-order valence-electron chi connectivity index (χ2n) is 8.81. The summed E-state index contributed by atoms with van der Waals surface area (Å²) in [6.45, 7) is 11.1. The summed E-state index contributed by atoms with van der Waals surface area (Å²) in [4.78, 5) is 29.1. The third-order valence-electron chi connectivity index (χ3n) is 5.71. The molecule has 1 N–H and O–H groups in total. The molecule has 0 aromatic heterocycles. The molecule has 160 valence electrons. The SMILES string of the molecule is C[C@@H]1C[C@H](C)CN(CCCNC(=O)CCC(=O)N2C[C@@H](C)Oc3ccccc32)C1. The van der Waals surface area contributed by atoms with Crippen LogP contribution in [0.4, 0.5) is 5.69 Å². The average molecular weight is 402 g/mol. The normalized spacial score (nSPS) is 24.5. The van der Waals surface area contributed by atoms with Crippen molar-refractivity contribution >= 4 is 17.5 Å². The molecular formula is C23H35N3O3. The molecule has 6 nitrogen and oxygen atoms in total. The molecule has 2 heterocycles. The predicted molar refractivity (Wildman–Crippen MR) is 115 cm³/mol. The Hall–Kier alpha value is -2.08. The lowest BCUT2D eigenvalue weighted by Gasteiger charge is -2.34. The highest BCUT2D eigenvalue weighted by atomic mass is 16.5. The summed E-state index contributed by atoms with van der Waals surface area (Å²) in [5.41, 5.74) is 0.793. The van der Waals surface area contributed by atoms with Gasteiger partial charge in [-0.15, -0.1) is 0 Å². The zero-order valence-corrected chi connectivity index (χ0v) is 18.0. The molecule has 2 aliphatic rings. The molecule has 1 aromatic carbocycles. The van der Waals surface area contributed by atoms with Crippen LogP contribution in [0.3, 0.4) is 0 Å². The number of nitrogens with one attached hydrogen (secondary N) is 1. The Morgan fingerprint density at radius 2 is 1.79 bits per heavy atom. The van der Waals surface area contributed by atoms with Gasteiger partial charge in [-0.25, -0.2) is 0 Å². The summed E-state index contributed by atoms with van der Waals surface area (Å²) >= 11 is 0. The molecular weight excluding hydrogens is 366 g/mol. The number of piperidine rings is 1. The third kappa shape index (κ3) is 6.20. The Morgan fingerprint density at radius 1 is 1.07 bits per heavy atom. The van der Waals surface area contributed by atoms with Gasteiger partial charge in [0.05, 0.1) is 12.2 Å². The number of anilines is 1. The minimum absolute atomic E-state index is 0.0287. The quantitative estimate of drug-likeness (QED) is 0.714. The maximum absolute atomic E-state index is 12.7. The van der Waals surface area contributed by atoms with Gasteiger partial charge in [-0.05, 0) is 50.3 Å². The lowest BCUT2D eigenvalue weighted by atomic mass is 9.92. The van der Waals surface area contributed by atoms with Gasteiger partial charge in [0, 0.05) is 32.5 Å². The number of benzene rings is 1. The summed E-state index contributed by atoms with van der Waals surface area (Å²) in [6.07, 6.45) is 2.66. The van der Waals surface area contributed by atoms with E-state index in [1.165, 1.54) is 6.42 Å². The van der Waals surface area contributed by atoms with Crippen molar-refractivity contribution in [3.63, 3.8) is 0 Å². The number of ether oxygens (including phenoxy) is 1. The zero-order chi connectivity index (χ0) is 20.8. The highest BCUT2D eigenvalue weighted by molar-refractivity contribution is 5.97. The van der Waals surface area contributed by atoms with E-state index in [4.69, 9.17) is 4.74 Å². The Bertz CT molecular complexity index is 698. The number of hydrogen-bond donors (Lipinski definition) is 1. The van der Waals surface area contributed by atoms with Crippen LogP contribution < -0.4 is 15.0 Å². The van der Waals surface area contributed by atoms with E-state index in [-0.39, 0.29) is 30.8 Å². The number of para-hydroxylation sites is 2. The topological polar surface area (TPSA) is 61.9 Å². The van der Waals surface area contributed by atoms with Gasteiger partial charge in [-0.2, -0.15) is 0 Å². The molecule has 1 saturated heterocycles. The number of likely N-dealkylation sites (tertiary alicyclic amines) is 1. The first-order valence-electron chi connectivity index (χ1n) is 11.0. The first-order chi connectivity index (χ1) is 13.9. The highest BCUT2D eigenvalue weighted by Gasteiger charge is 2.27. The number of rotatable bonds is 7. The summed E-state index contributed by atoms with van der Waals surface area (Å²) in [6, 6.07) is 7.57. The lowest BCUT2D eigenvalue weighted by molar-refractivity contribution is -0.125. The second-order valence-corrected chi connectivity index (χ2v) is 8.81. The monoisotopic (exact) mass is 401 g/mol. The van der Waals surface area contributed by atoms with Crippen LogP contribution >= 0.6 is 0 Å². The average Bonchev–Trinajstić information content (AvgIpc) is 2.68. The molecule has 29 heavy (non-hydrogen) atoms. The van der Waals surface area contributed by atoms with Crippen molar-refractivity contribution < 1.29 is 14.3 Å². The van der Waals surface area contributed by atoms with Gasteiger partial charge < -0.3 is 19.9 Å². The smallest absolute Gasteiger partial charge is 0.227 e. The molecule has 3 atom stereocenters. The highest BCUT2D eigenvalue weighted by Crippen LogP contribution is 2.33. The van der Waals surface area contributed by atoms with Gasteiger partial charge in [-0.1, -0.05) is 26.0 Å². The molecule has 0 spiro atoms. The van der Waals surface area contributed by atoms with Crippen LogP contribution in [0.2, 0.25) is 0 Å². The fraction of sp³-hybridized carbons (Fsp3) is 0.652. The number of nitrogens with zero attached hydrogens (tertiary/aromatic N) is 2. The van der Waals surface area contributed by atoms with Crippen molar-refractivity contribution in [3.05, 3.63) is 24.3 Å². The standard InChI is InChI=1S/C23H35N3O3/c1-17-13-18(2)15-25(14-17)12-6-11-24-22(27)9-10-23(28)26-16-19(3)29-21-8-5-4-7-20(21)26/h4-5,7-8,17-19H,6,9-16H2,1-3H3,(H,24,27)/t17-,18+,19-/m1/s1. The zero-order valence-electron chi connectivity index (χ0n) is 18.0. The van der Waals surface area contributed by atoms with Crippen molar-refractivity contribution in [1.29, 1.82) is 0 Å². The van der Waals surface area contributed by atoms with Crippen LogP contribution in [-0.2, 0) is 9.59 Å². The molecule has 6 heteroatoms. The number of carbonyl (C=O) groups is 2. The van der Waals surface area contributed by atoms with Gasteiger partial charge in [-0.3, -0.25) is 9.59 Å². The van der Waals surface area contributed by atoms with Crippen LogP contribution in [0.15, 0.2) is 24.3 Å². The summed E-state index contributed by atoms with van der Waals surface area (Å²) < 4.78 is 5.79. The molecule has 0 unspecified atom stereocenters. The second kappa shape index (κ2) is 10.1. The predicted octanol–water partition coefficient (Wildman–Crippen LogP) is 3.06. The van der Waals surface area contributed by atoms with E-state index in [0.29, 0.717) is 13.1 Å². The molecule has 1 fully saturated rings. The molecule has 0 aliphatic carbocycles. The molecule has 0 bridgehead atoms. The van der Waals surface area contributed by atoms with Crippen molar-refractivity contribution in [2.75, 3.05) is 37.6 Å². The van der Waals surface area contributed by atoms with E-state index >= 15 is 0 Å². The van der Waals surface area contributed by atoms with Gasteiger partial charge in [0.2, 0.25) is 11.8 Å². The van der Waals surface area contributed by atoms with Crippen molar-refractivity contribution in [2.24, 2.45) is 11.8 Å². The Kier molecular flexibility index (Phi) is 7.53. The lowest BCUT2D eigenvalue weighted by Crippen LogP contribution is -2.42. The van der Waals surface area contributed by atoms with E-state index in [1.807, 2.05) is 31.2 Å². The Morgan fingerprint density at radius 3 is 2.55 bits per heavy atom. The summed E-state index contributed by atoms with van der Waals surface area (Å²) in [5.74, 6) is 2.16. The fourth-order valence-electron chi connectivity index (χ4n) is 4.57. The van der Waals surface area contributed by atoms with E-state index in [2.05, 4.69) is 24.1 Å². The maximum Gasteiger partial charge on any atom is 0.227 e. The van der Waals surface area contributed by atoms with Crippen LogP contribution in [0, 0.1) is 11.8 Å². The minimum atomic E-state index is -0.0529. The first kappa shape index (κ1) is 21.6. The van der Waals surface area contributed by atoms with Crippen molar-refractivity contribution in [1.82, 2.24) is 10.2 Å². The Labute approximate surface area is 174 Å². The molecule has 0 saturated carbocycles. The number of carbonyl (C=O) groups excluding carboxylic acids is 2. The van der Waals surface area contributed by atoms with E-state index in [9.17, 15) is 9.59 Å². The van der Waals surface area contributed by atoms with Crippen LogP contribution in [0.1, 0.15) is 46.5 Å². The molecule has 0 radical (unpaired) electrons. The first-order valence-corrected chi connectivity index (χ1v) is 11.0. The van der Waals surface area contributed by atoms with Crippen molar-refractivity contribution in [3.8, 4) is 5.75 Å². The van der Waals surface area contributed by atoms with Gasteiger partial charge in [0.15, 0.2) is 0 Å². The Balaban J connectivity index is 1.37. The number of hydrogen-bond acceptors (Lipinski definition) is 4. The molecule has 3 rings (SSSR count). The van der Waals surface area contributed by atoms with Crippen LogP contribution in [0.25, 0.3) is 0 Å². The number of fused-ring (bicyclic) bond motifs is 1. The molecule has 1 aromatic rings. The van der Waals surface area contributed by atoms with E-state index in [0.717, 1.165) is 49.3 Å². The largest absolute Gasteiger partial charge is 0.487 e. The van der Waals surface area contributed by atoms with Crippen molar-refractivity contribution in [2.45, 2.75) is 52.6 Å². The summed E-state index contributed by atoms with van der Waals surface area (Å²) in [7, 11) is 0. The number of amides is 2. The van der Waals surface area contributed by atoms with E-state index in [1.54, 1.807) is 4.90 Å². The van der Waals surface area contributed by atoms with Gasteiger partial charge >= 0.3 is 0 Å². The van der Waals surface area contributed by atoms with Crippen LogP contribution in [-0.4, -0.2) is 55.5 Å². The summed E-state index contributed by atoms with van der Waals surface area (Å²) in [5, 5.41) is 2.97. The molecule has 2 aliphatic heterocycles. The third-order valence-corrected chi connectivity index (χ3v) is 5.71.